The SMILES string of the molecule is Cc1cc(F)c(C(=O)Nc2cccc(-c3nnc4n3C3(CC4)CC3)n2)cc1-n1cnc(C(C)C)c1. The molecule has 9 heteroatoms. The highest BCUT2D eigenvalue weighted by molar-refractivity contribution is 6.04. The van der Waals surface area contributed by atoms with Gasteiger partial charge in [0.05, 0.1) is 23.3 Å². The lowest BCUT2D eigenvalue weighted by Crippen LogP contribution is -2.16. The molecule has 1 saturated carbocycles. The highest BCUT2D eigenvalue weighted by atomic mass is 19.1. The number of rotatable bonds is 5. The Kier molecular flexibility index (Phi) is 4.84. The second-order valence-corrected chi connectivity index (χ2v) is 9.84. The van der Waals surface area contributed by atoms with Gasteiger partial charge in [0.25, 0.3) is 5.91 Å². The van der Waals surface area contributed by atoms with Crippen LogP contribution in [0.15, 0.2) is 42.9 Å². The number of nitrogens with zero attached hydrogens (tertiary/aromatic N) is 6. The summed E-state index contributed by atoms with van der Waals surface area (Å²) in [6.07, 6.45) is 7.87. The van der Waals surface area contributed by atoms with E-state index in [1.54, 1.807) is 18.5 Å². The Hall–Kier alpha value is -3.88. The molecule has 0 unspecified atom stereocenters. The standard InChI is InChI=1S/C26H26FN7O/c1-15(2)20-13-33(14-28-20)21-12-17(18(27)11-16(21)3)25(35)30-22-6-4-5-19(29-22)24-32-31-23-7-8-26(9-10-26)34(23)24/h4-6,11-15H,7-10H2,1-3H3,(H,29,30,35). The second-order valence-electron chi connectivity index (χ2n) is 9.84. The van der Waals surface area contributed by atoms with E-state index in [4.69, 9.17) is 0 Å². The monoisotopic (exact) mass is 471 g/mol. The largest absolute Gasteiger partial charge is 0.306 e. The zero-order valence-electron chi connectivity index (χ0n) is 19.9. The molecule has 1 aromatic carbocycles. The van der Waals surface area contributed by atoms with E-state index in [2.05, 4.69) is 43.9 Å². The predicted molar refractivity (Wildman–Crippen MR) is 129 cm³/mol. The molecule has 0 saturated heterocycles. The minimum Gasteiger partial charge on any atom is -0.306 e. The maximum absolute atomic E-state index is 14.9. The van der Waals surface area contributed by atoms with Crippen LogP contribution in [0.4, 0.5) is 10.2 Å². The highest BCUT2D eigenvalue weighted by Gasteiger charge is 2.51. The van der Waals surface area contributed by atoms with Crippen molar-refractivity contribution in [3.8, 4) is 17.2 Å². The minimum absolute atomic E-state index is 0.0575. The summed E-state index contributed by atoms with van der Waals surface area (Å²) < 4.78 is 18.9. The molecule has 1 amide bonds. The fourth-order valence-electron chi connectivity index (χ4n) is 4.91. The van der Waals surface area contributed by atoms with E-state index in [0.717, 1.165) is 43.0 Å². The molecule has 1 spiro atoms. The Bertz CT molecular complexity index is 1460. The van der Waals surface area contributed by atoms with Crippen LogP contribution >= 0.6 is 0 Å². The van der Waals surface area contributed by atoms with Crippen molar-refractivity contribution in [3.05, 3.63) is 71.3 Å². The van der Waals surface area contributed by atoms with Gasteiger partial charge in [-0.1, -0.05) is 19.9 Å². The van der Waals surface area contributed by atoms with Crippen LogP contribution in [0, 0.1) is 12.7 Å². The van der Waals surface area contributed by atoms with Crippen LogP contribution in [0.3, 0.4) is 0 Å². The average molecular weight is 472 g/mol. The molecule has 35 heavy (non-hydrogen) atoms. The summed E-state index contributed by atoms with van der Waals surface area (Å²) in [6.45, 7) is 5.93. The van der Waals surface area contributed by atoms with Gasteiger partial charge in [-0.15, -0.1) is 10.2 Å². The molecule has 0 radical (unpaired) electrons. The first-order valence-corrected chi connectivity index (χ1v) is 11.9. The molecule has 1 aliphatic heterocycles. The molecule has 1 aliphatic carbocycles. The number of hydrogen-bond acceptors (Lipinski definition) is 5. The van der Waals surface area contributed by atoms with Gasteiger partial charge >= 0.3 is 0 Å². The van der Waals surface area contributed by atoms with E-state index in [-0.39, 0.29) is 17.0 Å². The Labute approximate surface area is 202 Å². The summed E-state index contributed by atoms with van der Waals surface area (Å²) in [5.74, 6) is 1.15. The number of anilines is 1. The molecule has 3 aromatic heterocycles. The number of imidazole rings is 1. The molecule has 4 aromatic rings. The topological polar surface area (TPSA) is 90.5 Å². The van der Waals surface area contributed by atoms with E-state index >= 15 is 0 Å². The van der Waals surface area contributed by atoms with E-state index < -0.39 is 11.7 Å². The Morgan fingerprint density at radius 2 is 2.00 bits per heavy atom. The highest BCUT2D eigenvalue weighted by Crippen LogP contribution is 2.53. The van der Waals surface area contributed by atoms with Crippen LogP contribution in [0.1, 0.15) is 66.5 Å². The number of carbonyl (C=O) groups excluding carboxylic acids is 1. The van der Waals surface area contributed by atoms with Crippen molar-refractivity contribution < 1.29 is 9.18 Å². The number of aryl methyl sites for hydroxylation is 2. The summed E-state index contributed by atoms with van der Waals surface area (Å²) in [6, 6.07) is 8.28. The Morgan fingerprint density at radius 3 is 2.74 bits per heavy atom. The molecule has 2 aliphatic rings. The fraction of sp³-hybridized carbons (Fsp3) is 0.346. The van der Waals surface area contributed by atoms with Gasteiger partial charge in [-0.05, 0) is 61.9 Å². The molecule has 8 nitrogen and oxygen atoms in total. The molecular formula is C26H26FN7O. The molecule has 0 atom stereocenters. The Balaban J connectivity index is 1.29. The molecule has 178 valence electrons. The third-order valence-electron chi connectivity index (χ3n) is 7.07. The molecule has 1 fully saturated rings. The van der Waals surface area contributed by atoms with Gasteiger partial charge in [0, 0.05) is 18.2 Å². The van der Waals surface area contributed by atoms with Crippen molar-refractivity contribution in [1.82, 2.24) is 29.3 Å². The number of pyridine rings is 1. The van der Waals surface area contributed by atoms with Crippen molar-refractivity contribution in [1.29, 1.82) is 0 Å². The minimum atomic E-state index is -0.588. The lowest BCUT2D eigenvalue weighted by molar-refractivity contribution is 0.102. The molecule has 6 rings (SSSR count). The van der Waals surface area contributed by atoms with Crippen LogP contribution in [-0.4, -0.2) is 35.2 Å². The van der Waals surface area contributed by atoms with Crippen molar-refractivity contribution in [2.24, 2.45) is 0 Å². The normalized spacial score (nSPS) is 15.6. The second kappa shape index (κ2) is 7.83. The summed E-state index contributed by atoms with van der Waals surface area (Å²) >= 11 is 0. The molecule has 4 heterocycles. The number of fused-ring (bicyclic) bond motifs is 2. The molecule has 1 N–H and O–H groups in total. The first-order valence-electron chi connectivity index (χ1n) is 11.9. The van der Waals surface area contributed by atoms with Crippen LogP contribution in [0.25, 0.3) is 17.2 Å². The Morgan fingerprint density at radius 1 is 1.17 bits per heavy atom. The van der Waals surface area contributed by atoms with Crippen molar-refractivity contribution in [2.75, 3.05) is 5.32 Å². The van der Waals surface area contributed by atoms with Gasteiger partial charge in [-0.2, -0.15) is 0 Å². The van der Waals surface area contributed by atoms with Crippen molar-refractivity contribution in [3.63, 3.8) is 0 Å². The number of halogens is 1. The average Bonchev–Trinajstić information content (AvgIpc) is 3.15. The van der Waals surface area contributed by atoms with Gasteiger partial charge in [0.1, 0.15) is 23.2 Å². The number of amides is 1. The van der Waals surface area contributed by atoms with Crippen molar-refractivity contribution in [2.45, 2.75) is 57.9 Å². The number of carbonyl (C=O) groups is 1. The van der Waals surface area contributed by atoms with Crippen LogP contribution in [0.5, 0.6) is 0 Å². The van der Waals surface area contributed by atoms with E-state index in [0.29, 0.717) is 22.8 Å². The van der Waals surface area contributed by atoms with E-state index in [1.807, 2.05) is 29.8 Å². The zero-order chi connectivity index (χ0) is 24.3. The van der Waals surface area contributed by atoms with Gasteiger partial charge in [-0.3, -0.25) is 4.79 Å². The van der Waals surface area contributed by atoms with Gasteiger partial charge in [-0.25, -0.2) is 14.4 Å². The predicted octanol–water partition coefficient (Wildman–Crippen LogP) is 4.78. The quantitative estimate of drug-likeness (QED) is 0.452. The first-order chi connectivity index (χ1) is 16.8. The number of hydrogen-bond donors (Lipinski definition) is 1. The van der Waals surface area contributed by atoms with Gasteiger partial charge < -0.3 is 14.5 Å². The van der Waals surface area contributed by atoms with E-state index in [9.17, 15) is 9.18 Å². The first kappa shape index (κ1) is 21.6. The maximum Gasteiger partial charge on any atom is 0.259 e. The molecular weight excluding hydrogens is 445 g/mol. The number of nitrogens with one attached hydrogen (secondary N) is 1. The van der Waals surface area contributed by atoms with Gasteiger partial charge in [0.2, 0.25) is 0 Å². The smallest absolute Gasteiger partial charge is 0.259 e. The zero-order valence-corrected chi connectivity index (χ0v) is 19.9. The third kappa shape index (κ3) is 3.62. The van der Waals surface area contributed by atoms with Crippen LogP contribution in [-0.2, 0) is 12.0 Å². The lowest BCUT2D eigenvalue weighted by atomic mass is 10.1. The number of benzene rings is 1. The van der Waals surface area contributed by atoms with E-state index in [1.165, 1.54) is 6.07 Å². The summed E-state index contributed by atoms with van der Waals surface area (Å²) in [7, 11) is 0. The summed E-state index contributed by atoms with van der Waals surface area (Å²) in [4.78, 5) is 22.1. The third-order valence-corrected chi connectivity index (χ3v) is 7.07. The van der Waals surface area contributed by atoms with Gasteiger partial charge in [0.15, 0.2) is 5.82 Å². The lowest BCUT2D eigenvalue weighted by Gasteiger charge is -2.14. The van der Waals surface area contributed by atoms with Crippen molar-refractivity contribution >= 4 is 11.7 Å². The van der Waals surface area contributed by atoms with Crippen LogP contribution < -0.4 is 5.32 Å². The number of aromatic nitrogens is 6. The fourth-order valence-corrected chi connectivity index (χ4v) is 4.91. The summed E-state index contributed by atoms with van der Waals surface area (Å²) in [5.41, 5.74) is 3.05. The summed E-state index contributed by atoms with van der Waals surface area (Å²) in [5, 5.41) is 11.5. The van der Waals surface area contributed by atoms with Crippen LogP contribution in [0.2, 0.25) is 0 Å². The maximum atomic E-state index is 14.9. The molecule has 0 bridgehead atoms.